The van der Waals surface area contributed by atoms with Crippen molar-refractivity contribution in [3.63, 3.8) is 0 Å². The third kappa shape index (κ3) is 4.39. The van der Waals surface area contributed by atoms with E-state index in [1.165, 1.54) is 4.52 Å². The molecular formula is C24H27N7O3. The maximum atomic E-state index is 12.2. The maximum Gasteiger partial charge on any atom is 0.409 e. The first-order chi connectivity index (χ1) is 16.5. The van der Waals surface area contributed by atoms with E-state index in [0.29, 0.717) is 48.5 Å². The van der Waals surface area contributed by atoms with Crippen LogP contribution in [0.2, 0.25) is 0 Å². The molecule has 0 atom stereocenters. The topological polar surface area (TPSA) is 115 Å². The lowest BCUT2D eigenvalue weighted by molar-refractivity contribution is 0.0901. The fourth-order valence-electron chi connectivity index (χ4n) is 3.91. The molecule has 3 aromatic heterocycles. The molecular weight excluding hydrogens is 434 g/mol. The van der Waals surface area contributed by atoms with E-state index in [2.05, 4.69) is 32.1 Å². The number of carbonyl (C=O) groups is 1. The lowest BCUT2D eigenvalue weighted by Gasteiger charge is -2.35. The molecule has 4 heterocycles. The van der Waals surface area contributed by atoms with E-state index < -0.39 is 0 Å². The van der Waals surface area contributed by atoms with Crippen LogP contribution in [0.3, 0.4) is 0 Å². The zero-order valence-electron chi connectivity index (χ0n) is 19.2. The van der Waals surface area contributed by atoms with E-state index >= 15 is 0 Å². The normalized spacial score (nSPS) is 14.2. The SMILES string of the molecule is CC(C)COC(=O)N1CCN(c2cccc(-c3cc4nc(-c5ccco5)nn4c(N)n3)c2)CC1. The lowest BCUT2D eigenvalue weighted by atomic mass is 10.1. The van der Waals surface area contributed by atoms with Crippen LogP contribution in [-0.4, -0.2) is 63.4 Å². The Kier molecular flexibility index (Phi) is 5.79. The highest BCUT2D eigenvalue weighted by Crippen LogP contribution is 2.27. The van der Waals surface area contributed by atoms with Gasteiger partial charge in [-0.05, 0) is 30.2 Å². The molecule has 10 nitrogen and oxygen atoms in total. The summed E-state index contributed by atoms with van der Waals surface area (Å²) in [6, 6.07) is 13.6. The van der Waals surface area contributed by atoms with Gasteiger partial charge in [-0.3, -0.25) is 0 Å². The molecule has 4 aromatic rings. The maximum absolute atomic E-state index is 12.2. The van der Waals surface area contributed by atoms with E-state index in [0.717, 1.165) is 24.3 Å². The Labute approximate surface area is 196 Å². The number of amides is 1. The Bertz CT molecular complexity index is 1290. The van der Waals surface area contributed by atoms with Crippen molar-refractivity contribution in [3.8, 4) is 22.8 Å². The molecule has 5 rings (SSSR count). The van der Waals surface area contributed by atoms with E-state index in [1.54, 1.807) is 23.3 Å². The van der Waals surface area contributed by atoms with Crippen molar-refractivity contribution in [2.45, 2.75) is 13.8 Å². The largest absolute Gasteiger partial charge is 0.461 e. The number of benzene rings is 1. The highest BCUT2D eigenvalue weighted by atomic mass is 16.6. The molecule has 0 bridgehead atoms. The van der Waals surface area contributed by atoms with Crippen LogP contribution in [0.5, 0.6) is 0 Å². The van der Waals surface area contributed by atoms with Gasteiger partial charge in [-0.2, -0.15) is 4.52 Å². The smallest absolute Gasteiger partial charge is 0.409 e. The number of nitrogens with zero attached hydrogens (tertiary/aromatic N) is 6. The number of nitrogen functional groups attached to an aromatic ring is 1. The number of aromatic nitrogens is 4. The summed E-state index contributed by atoms with van der Waals surface area (Å²) in [5.41, 5.74) is 9.47. The molecule has 10 heteroatoms. The molecule has 1 fully saturated rings. The van der Waals surface area contributed by atoms with Crippen molar-refractivity contribution in [1.29, 1.82) is 0 Å². The minimum atomic E-state index is -0.239. The first-order valence-electron chi connectivity index (χ1n) is 11.3. The third-order valence-corrected chi connectivity index (χ3v) is 5.68. The molecule has 0 spiro atoms. The minimum absolute atomic E-state index is 0.239. The molecule has 2 N–H and O–H groups in total. The van der Waals surface area contributed by atoms with Gasteiger partial charge in [0.1, 0.15) is 0 Å². The van der Waals surface area contributed by atoms with Gasteiger partial charge in [0.05, 0.1) is 18.6 Å². The molecule has 1 aromatic carbocycles. The first kappa shape index (κ1) is 21.7. The predicted molar refractivity (Wildman–Crippen MR) is 128 cm³/mol. The van der Waals surface area contributed by atoms with Gasteiger partial charge in [0.25, 0.3) is 0 Å². The average Bonchev–Trinajstić information content (AvgIpc) is 3.53. The zero-order valence-corrected chi connectivity index (χ0v) is 19.2. The second-order valence-corrected chi connectivity index (χ2v) is 8.68. The van der Waals surface area contributed by atoms with Crippen molar-refractivity contribution >= 4 is 23.4 Å². The highest BCUT2D eigenvalue weighted by Gasteiger charge is 2.23. The molecule has 176 valence electrons. The van der Waals surface area contributed by atoms with Crippen LogP contribution in [0.1, 0.15) is 13.8 Å². The summed E-state index contributed by atoms with van der Waals surface area (Å²) >= 11 is 0. The number of hydrogen-bond donors (Lipinski definition) is 1. The molecule has 0 saturated carbocycles. The molecule has 0 radical (unpaired) electrons. The molecule has 0 unspecified atom stereocenters. The summed E-state index contributed by atoms with van der Waals surface area (Å²) in [5.74, 6) is 1.59. The number of ether oxygens (including phenoxy) is 1. The lowest BCUT2D eigenvalue weighted by Crippen LogP contribution is -2.49. The van der Waals surface area contributed by atoms with Gasteiger partial charge in [0.2, 0.25) is 11.8 Å². The Morgan fingerprint density at radius 3 is 2.68 bits per heavy atom. The number of furan rings is 1. The molecule has 1 aliphatic heterocycles. The van der Waals surface area contributed by atoms with Crippen LogP contribution in [0, 0.1) is 5.92 Å². The number of piperazine rings is 1. The van der Waals surface area contributed by atoms with E-state index in [4.69, 9.17) is 14.9 Å². The first-order valence-corrected chi connectivity index (χ1v) is 11.3. The monoisotopic (exact) mass is 461 g/mol. The molecule has 1 saturated heterocycles. The van der Waals surface area contributed by atoms with Crippen LogP contribution < -0.4 is 10.6 Å². The number of anilines is 2. The second kappa shape index (κ2) is 9.05. The highest BCUT2D eigenvalue weighted by molar-refractivity contribution is 5.71. The summed E-state index contributed by atoms with van der Waals surface area (Å²) in [6.45, 7) is 7.19. The van der Waals surface area contributed by atoms with Gasteiger partial charge in [-0.15, -0.1) is 5.10 Å². The Balaban J connectivity index is 1.33. The summed E-state index contributed by atoms with van der Waals surface area (Å²) in [6.07, 6.45) is 1.34. The van der Waals surface area contributed by atoms with Crippen LogP contribution >= 0.6 is 0 Å². The fraction of sp³-hybridized carbons (Fsp3) is 0.333. The number of rotatable bonds is 5. The van der Waals surface area contributed by atoms with Crippen LogP contribution in [0.25, 0.3) is 28.5 Å². The molecule has 1 aliphatic rings. The van der Waals surface area contributed by atoms with Gasteiger partial charge in [0.15, 0.2) is 11.4 Å². The quantitative estimate of drug-likeness (QED) is 0.480. The predicted octanol–water partition coefficient (Wildman–Crippen LogP) is 3.55. The number of carbonyl (C=O) groups excluding carboxylic acids is 1. The van der Waals surface area contributed by atoms with Crippen molar-refractivity contribution in [3.05, 3.63) is 48.7 Å². The number of nitrogens with two attached hydrogens (primary N) is 1. The Morgan fingerprint density at radius 1 is 1.12 bits per heavy atom. The number of hydrogen-bond acceptors (Lipinski definition) is 8. The van der Waals surface area contributed by atoms with Gasteiger partial charge in [-0.25, -0.2) is 14.8 Å². The van der Waals surface area contributed by atoms with Crippen molar-refractivity contribution in [2.75, 3.05) is 43.4 Å². The van der Waals surface area contributed by atoms with E-state index in [1.807, 2.05) is 32.0 Å². The van der Waals surface area contributed by atoms with Gasteiger partial charge < -0.3 is 24.7 Å². The summed E-state index contributed by atoms with van der Waals surface area (Å²) in [7, 11) is 0. The number of fused-ring (bicyclic) bond motifs is 1. The summed E-state index contributed by atoms with van der Waals surface area (Å²) in [4.78, 5) is 25.4. The second-order valence-electron chi connectivity index (χ2n) is 8.68. The van der Waals surface area contributed by atoms with Crippen molar-refractivity contribution in [2.24, 2.45) is 5.92 Å². The van der Waals surface area contributed by atoms with Gasteiger partial charge >= 0.3 is 6.09 Å². The summed E-state index contributed by atoms with van der Waals surface area (Å²) < 4.78 is 12.3. The van der Waals surface area contributed by atoms with Gasteiger partial charge in [-0.1, -0.05) is 26.0 Å². The Morgan fingerprint density at radius 2 is 1.94 bits per heavy atom. The average molecular weight is 462 g/mol. The van der Waals surface area contributed by atoms with E-state index in [9.17, 15) is 4.79 Å². The van der Waals surface area contributed by atoms with Crippen molar-refractivity contribution < 1.29 is 13.9 Å². The van der Waals surface area contributed by atoms with Crippen LogP contribution in [-0.2, 0) is 4.74 Å². The van der Waals surface area contributed by atoms with Crippen LogP contribution in [0.4, 0.5) is 16.4 Å². The minimum Gasteiger partial charge on any atom is -0.461 e. The van der Waals surface area contributed by atoms with E-state index in [-0.39, 0.29) is 12.0 Å². The third-order valence-electron chi connectivity index (χ3n) is 5.68. The molecule has 0 aliphatic carbocycles. The van der Waals surface area contributed by atoms with Gasteiger partial charge in [0, 0.05) is 43.5 Å². The fourth-order valence-corrected chi connectivity index (χ4v) is 3.91. The van der Waals surface area contributed by atoms with Crippen molar-refractivity contribution in [1.82, 2.24) is 24.5 Å². The molecule has 1 amide bonds. The zero-order chi connectivity index (χ0) is 23.7. The van der Waals surface area contributed by atoms with Crippen LogP contribution in [0.15, 0.2) is 53.1 Å². The standard InChI is InChI=1S/C24H27N7O3/c1-16(2)15-34-24(32)30-10-8-29(9-11-30)18-6-3-5-17(13-18)19-14-21-27-22(20-7-4-12-33-20)28-31(21)23(25)26-19/h3-7,12-14,16H,8-11,15H2,1-2H3,(H2,25,26). The molecule has 34 heavy (non-hydrogen) atoms. The Hall–Kier alpha value is -4.08. The summed E-state index contributed by atoms with van der Waals surface area (Å²) in [5, 5.41) is 4.40.